The van der Waals surface area contributed by atoms with E-state index in [1.807, 2.05) is 20.0 Å². The first-order valence-electron chi connectivity index (χ1n) is 9.46. The van der Waals surface area contributed by atoms with E-state index in [0.717, 1.165) is 17.1 Å². The fourth-order valence-corrected chi connectivity index (χ4v) is 3.70. The molecule has 0 aromatic carbocycles. The molecule has 4 rings (SSSR count). The molecule has 0 unspecified atom stereocenters. The molecular weight excluding hydrogens is 388 g/mol. The van der Waals surface area contributed by atoms with E-state index in [0.29, 0.717) is 47.5 Å². The van der Waals surface area contributed by atoms with E-state index in [-0.39, 0.29) is 5.78 Å². The van der Waals surface area contributed by atoms with Crippen molar-refractivity contribution >= 4 is 22.9 Å². The summed E-state index contributed by atoms with van der Waals surface area (Å²) in [5.74, 6) is 2.66. The Balaban J connectivity index is 1.32. The van der Waals surface area contributed by atoms with E-state index in [9.17, 15) is 4.79 Å². The van der Waals surface area contributed by atoms with E-state index in [1.54, 1.807) is 6.07 Å². The van der Waals surface area contributed by atoms with Gasteiger partial charge in [-0.25, -0.2) is 4.98 Å². The van der Waals surface area contributed by atoms with Crippen molar-refractivity contribution in [3.05, 3.63) is 51.5 Å². The van der Waals surface area contributed by atoms with Gasteiger partial charge in [0.25, 0.3) is 0 Å². The van der Waals surface area contributed by atoms with E-state index in [2.05, 4.69) is 42.6 Å². The third kappa shape index (κ3) is 4.92. The van der Waals surface area contributed by atoms with Crippen LogP contribution in [0.1, 0.15) is 51.2 Å². The molecule has 1 fully saturated rings. The number of aryl methyl sites for hydroxylation is 2. The zero-order valence-electron chi connectivity index (χ0n) is 16.5. The number of pyridine rings is 1. The van der Waals surface area contributed by atoms with Gasteiger partial charge in [-0.05, 0) is 31.9 Å². The molecule has 1 N–H and O–H groups in total. The van der Waals surface area contributed by atoms with Gasteiger partial charge in [0, 0.05) is 36.7 Å². The second-order valence-corrected chi connectivity index (χ2v) is 8.29. The number of nitrogens with one attached hydrogen (secondary N) is 1. The predicted molar refractivity (Wildman–Crippen MR) is 109 cm³/mol. The van der Waals surface area contributed by atoms with Crippen LogP contribution in [-0.4, -0.2) is 37.5 Å². The summed E-state index contributed by atoms with van der Waals surface area (Å²) in [4.78, 5) is 24.6. The molecule has 3 aromatic heterocycles. The zero-order chi connectivity index (χ0) is 20.4. The van der Waals surface area contributed by atoms with Crippen LogP contribution in [0.4, 0.5) is 5.82 Å². The zero-order valence-corrected chi connectivity index (χ0v) is 17.4. The van der Waals surface area contributed by atoms with Crippen molar-refractivity contribution in [1.29, 1.82) is 0 Å². The van der Waals surface area contributed by atoms with Gasteiger partial charge in [0.05, 0.1) is 13.2 Å². The van der Waals surface area contributed by atoms with Crippen LogP contribution in [0.15, 0.2) is 24.4 Å². The molecule has 3 heterocycles. The maximum atomic E-state index is 11.3. The van der Waals surface area contributed by atoms with Gasteiger partial charge in [-0.1, -0.05) is 17.4 Å². The molecule has 29 heavy (non-hydrogen) atoms. The van der Waals surface area contributed by atoms with Crippen molar-refractivity contribution in [3.63, 3.8) is 0 Å². The molecule has 8 nitrogen and oxygen atoms in total. The third-order valence-corrected chi connectivity index (χ3v) is 5.71. The Bertz CT molecular complexity index is 1020. The molecule has 9 heteroatoms. The number of nitrogens with zero attached hydrogens (tertiary/aromatic N) is 5. The van der Waals surface area contributed by atoms with Crippen LogP contribution in [0.2, 0.25) is 0 Å². The number of hydrogen-bond donors (Lipinski definition) is 1. The quantitative estimate of drug-likeness (QED) is 0.564. The second kappa shape index (κ2) is 8.20. The minimum Gasteiger partial charge on any atom is -0.477 e. The van der Waals surface area contributed by atoms with E-state index in [4.69, 9.17) is 4.74 Å². The molecule has 0 aliphatic heterocycles. The Hall–Kier alpha value is -2.94. The van der Waals surface area contributed by atoms with Gasteiger partial charge in [0.15, 0.2) is 10.8 Å². The smallest absolute Gasteiger partial charge is 0.218 e. The van der Waals surface area contributed by atoms with Gasteiger partial charge in [0.1, 0.15) is 16.6 Å². The van der Waals surface area contributed by atoms with Crippen LogP contribution in [-0.2, 0) is 6.54 Å². The summed E-state index contributed by atoms with van der Waals surface area (Å²) in [5, 5.41) is 12.2. The monoisotopic (exact) mass is 410 g/mol. The van der Waals surface area contributed by atoms with Gasteiger partial charge in [-0.15, -0.1) is 10.2 Å². The number of hydrogen-bond acceptors (Lipinski definition) is 9. The minimum atomic E-state index is -0.0819. The van der Waals surface area contributed by atoms with Gasteiger partial charge < -0.3 is 10.1 Å². The van der Waals surface area contributed by atoms with E-state index < -0.39 is 0 Å². The topological polar surface area (TPSA) is 103 Å². The van der Waals surface area contributed by atoms with E-state index in [1.165, 1.54) is 23.8 Å². The fraction of sp³-hybridized carbons (Fsp3) is 0.400. The van der Waals surface area contributed by atoms with Crippen LogP contribution in [0.5, 0.6) is 5.88 Å². The highest BCUT2D eigenvalue weighted by atomic mass is 32.1. The molecule has 2 atom stereocenters. The lowest BCUT2D eigenvalue weighted by atomic mass is 10.2. The van der Waals surface area contributed by atoms with Crippen LogP contribution in [0, 0.1) is 19.8 Å². The summed E-state index contributed by atoms with van der Waals surface area (Å²) in [7, 11) is 0. The Morgan fingerprint density at radius 1 is 1.28 bits per heavy atom. The van der Waals surface area contributed by atoms with Crippen LogP contribution < -0.4 is 10.1 Å². The number of Topliss-reactive ketones (excluding diaryl/α,β-unsaturated/α-hetero) is 1. The summed E-state index contributed by atoms with van der Waals surface area (Å²) < 4.78 is 5.93. The second-order valence-electron chi connectivity index (χ2n) is 7.22. The molecule has 1 saturated carbocycles. The number of ether oxygens (including phenoxy) is 1. The van der Waals surface area contributed by atoms with Gasteiger partial charge in [-0.3, -0.25) is 9.78 Å². The molecule has 150 valence electrons. The van der Waals surface area contributed by atoms with Crippen molar-refractivity contribution in [1.82, 2.24) is 25.1 Å². The Labute approximate surface area is 172 Å². The average molecular weight is 411 g/mol. The summed E-state index contributed by atoms with van der Waals surface area (Å²) in [6.45, 7) is 6.39. The Kier molecular flexibility index (Phi) is 5.48. The number of anilines is 1. The molecular formula is C20H22N6O2S. The van der Waals surface area contributed by atoms with Crippen molar-refractivity contribution < 1.29 is 9.53 Å². The normalized spacial score (nSPS) is 17.8. The number of carbonyl (C=O) groups excluding carboxylic acids is 1. The summed E-state index contributed by atoms with van der Waals surface area (Å²) in [5.41, 5.74) is 2.30. The molecule has 1 aliphatic carbocycles. The minimum absolute atomic E-state index is 0.0819. The van der Waals surface area contributed by atoms with Gasteiger partial charge in [0.2, 0.25) is 5.88 Å². The van der Waals surface area contributed by atoms with Crippen molar-refractivity contribution in [3.8, 4) is 5.88 Å². The van der Waals surface area contributed by atoms with Crippen molar-refractivity contribution in [2.45, 2.75) is 39.7 Å². The van der Waals surface area contributed by atoms with Crippen molar-refractivity contribution in [2.75, 3.05) is 11.9 Å². The maximum absolute atomic E-state index is 11.3. The Morgan fingerprint density at radius 3 is 2.86 bits per heavy atom. The first-order chi connectivity index (χ1) is 14.0. The standard InChI is InChI=1S/C20H22N6O2S/c1-11-4-5-16(21-8-11)15-6-14(15)10-28-18-7-17(23-13(3)24-18)22-9-19-25-26-20(29-19)12(2)27/h4-5,7-8,14-15H,6,9-10H2,1-3H3,(H,22,23,24)/t14-,15+/m1/s1. The molecule has 3 aromatic rings. The van der Waals surface area contributed by atoms with E-state index >= 15 is 0 Å². The van der Waals surface area contributed by atoms with Gasteiger partial charge in [-0.2, -0.15) is 4.98 Å². The first-order valence-corrected chi connectivity index (χ1v) is 10.3. The molecule has 1 aliphatic rings. The highest BCUT2D eigenvalue weighted by Crippen LogP contribution is 2.46. The average Bonchev–Trinajstić information content (AvgIpc) is 3.30. The first kappa shape index (κ1) is 19.4. The SMILES string of the molecule is CC(=O)c1nnc(CNc2cc(OC[C@H]3C[C@@H]3c3ccc(C)cn3)nc(C)n2)s1. The molecule has 0 spiro atoms. The van der Waals surface area contributed by atoms with Crippen LogP contribution >= 0.6 is 11.3 Å². The largest absolute Gasteiger partial charge is 0.477 e. The van der Waals surface area contributed by atoms with Crippen molar-refractivity contribution in [2.24, 2.45) is 5.92 Å². The number of ketones is 1. The number of rotatable bonds is 8. The molecule has 0 bridgehead atoms. The summed E-state index contributed by atoms with van der Waals surface area (Å²) >= 11 is 1.28. The van der Waals surface area contributed by atoms with Crippen LogP contribution in [0.25, 0.3) is 0 Å². The highest BCUT2D eigenvalue weighted by Gasteiger charge is 2.40. The summed E-state index contributed by atoms with van der Waals surface area (Å²) in [6, 6.07) is 5.98. The van der Waals surface area contributed by atoms with Crippen LogP contribution in [0.3, 0.4) is 0 Å². The Morgan fingerprint density at radius 2 is 2.14 bits per heavy atom. The lowest BCUT2D eigenvalue weighted by molar-refractivity contribution is 0.101. The molecule has 0 radical (unpaired) electrons. The van der Waals surface area contributed by atoms with Gasteiger partial charge >= 0.3 is 0 Å². The predicted octanol–water partition coefficient (Wildman–Crippen LogP) is 3.34. The molecule has 0 amide bonds. The lowest BCUT2D eigenvalue weighted by Crippen LogP contribution is -2.07. The molecule has 0 saturated heterocycles. The fourth-order valence-electron chi connectivity index (χ4n) is 3.02. The highest BCUT2D eigenvalue weighted by molar-refractivity contribution is 7.13. The maximum Gasteiger partial charge on any atom is 0.218 e. The summed E-state index contributed by atoms with van der Waals surface area (Å²) in [6.07, 6.45) is 3.00. The number of aromatic nitrogens is 5. The third-order valence-electron chi connectivity index (χ3n) is 4.69. The lowest BCUT2D eigenvalue weighted by Gasteiger charge is -2.09. The number of carbonyl (C=O) groups is 1.